The van der Waals surface area contributed by atoms with Gasteiger partial charge in [0.1, 0.15) is 11.5 Å². The largest absolute Gasteiger partial charge is 0.457 e. The number of amides is 1. The van der Waals surface area contributed by atoms with E-state index in [2.05, 4.69) is 5.32 Å². The monoisotopic (exact) mass is 353 g/mol. The molecule has 3 rings (SSSR count). The van der Waals surface area contributed by atoms with Crippen LogP contribution in [-0.2, 0) is 25.6 Å². The van der Waals surface area contributed by atoms with E-state index in [0.29, 0.717) is 11.5 Å². The average Bonchev–Trinajstić information content (AvgIpc) is 2.86. The number of carbonyl (C=O) groups is 2. The molecule has 2 aromatic carbocycles. The second kappa shape index (κ2) is 7.31. The predicted molar refractivity (Wildman–Crippen MR) is 94.1 cm³/mol. The Labute approximate surface area is 151 Å². The topological polar surface area (TPSA) is 73.9 Å². The van der Waals surface area contributed by atoms with Gasteiger partial charge in [0.05, 0.1) is 6.08 Å². The molecule has 0 aliphatic carbocycles. The summed E-state index contributed by atoms with van der Waals surface area (Å²) in [4.78, 5) is 23.7. The summed E-state index contributed by atoms with van der Waals surface area (Å²) in [5, 5.41) is 2.72. The van der Waals surface area contributed by atoms with Crippen LogP contribution in [0.3, 0.4) is 0 Å². The van der Waals surface area contributed by atoms with Crippen molar-refractivity contribution < 1.29 is 23.8 Å². The lowest BCUT2D eigenvalue weighted by Crippen LogP contribution is -2.22. The lowest BCUT2D eigenvalue weighted by molar-refractivity contribution is -0.159. The summed E-state index contributed by atoms with van der Waals surface area (Å²) >= 11 is 0. The first-order chi connectivity index (χ1) is 12.4. The molecular weight excluding hydrogens is 334 g/mol. The molecule has 1 N–H and O–H groups in total. The molecule has 0 bridgehead atoms. The first kappa shape index (κ1) is 17.5. The number of ether oxygens (including phenoxy) is 3. The van der Waals surface area contributed by atoms with Crippen LogP contribution in [0, 0.1) is 0 Å². The van der Waals surface area contributed by atoms with Crippen LogP contribution in [-0.4, -0.2) is 17.7 Å². The summed E-state index contributed by atoms with van der Waals surface area (Å²) in [5.74, 6) is -0.926. The highest BCUT2D eigenvalue weighted by atomic mass is 16.8. The second-order valence-corrected chi connectivity index (χ2v) is 6.14. The Bertz CT molecular complexity index is 842. The first-order valence-electron chi connectivity index (χ1n) is 8.16. The highest BCUT2D eigenvalue weighted by molar-refractivity contribution is 5.98. The van der Waals surface area contributed by atoms with Crippen molar-refractivity contribution in [1.29, 1.82) is 0 Å². The van der Waals surface area contributed by atoms with Gasteiger partial charge >= 0.3 is 5.97 Å². The normalized spacial score (nSPS) is 16.7. The van der Waals surface area contributed by atoms with Crippen LogP contribution in [0.25, 0.3) is 0 Å². The number of esters is 1. The zero-order chi connectivity index (χ0) is 18.6. The number of benzene rings is 2. The third-order valence-corrected chi connectivity index (χ3v) is 3.55. The van der Waals surface area contributed by atoms with Crippen molar-refractivity contribution in [2.75, 3.05) is 0 Å². The molecule has 2 aromatic rings. The lowest BCUT2D eigenvalue weighted by Gasteiger charge is -2.14. The van der Waals surface area contributed by atoms with E-state index >= 15 is 0 Å². The molecule has 0 radical (unpaired) electrons. The average molecular weight is 353 g/mol. The van der Waals surface area contributed by atoms with E-state index in [4.69, 9.17) is 14.2 Å². The van der Waals surface area contributed by atoms with Gasteiger partial charge in [0.15, 0.2) is 0 Å². The summed E-state index contributed by atoms with van der Waals surface area (Å²) in [6.07, 6.45) is 1.09. The van der Waals surface area contributed by atoms with Crippen molar-refractivity contribution >= 4 is 11.9 Å². The fourth-order valence-corrected chi connectivity index (χ4v) is 2.41. The van der Waals surface area contributed by atoms with E-state index in [1.54, 1.807) is 13.8 Å². The molecule has 1 amide bonds. The van der Waals surface area contributed by atoms with Gasteiger partial charge in [-0.15, -0.1) is 0 Å². The highest BCUT2D eigenvalue weighted by Gasteiger charge is 2.37. The molecule has 1 aliphatic rings. The van der Waals surface area contributed by atoms with Crippen molar-refractivity contribution in [3.05, 3.63) is 72.0 Å². The fourth-order valence-electron chi connectivity index (χ4n) is 2.41. The van der Waals surface area contributed by atoms with Gasteiger partial charge in [0.25, 0.3) is 0 Å². The number of cyclic esters (lactones) is 1. The molecule has 0 aromatic heterocycles. The quantitative estimate of drug-likeness (QED) is 0.659. The molecule has 0 spiro atoms. The van der Waals surface area contributed by atoms with E-state index in [1.165, 1.54) is 0 Å². The Morgan fingerprint density at radius 2 is 1.77 bits per heavy atom. The van der Waals surface area contributed by atoms with Crippen molar-refractivity contribution in [2.24, 2.45) is 0 Å². The Morgan fingerprint density at radius 3 is 2.46 bits per heavy atom. The summed E-state index contributed by atoms with van der Waals surface area (Å²) in [5.41, 5.74) is 0.804. The van der Waals surface area contributed by atoms with Crippen LogP contribution in [0.15, 0.2) is 66.4 Å². The Hall–Kier alpha value is -3.28. The maximum atomic E-state index is 12.1. The van der Waals surface area contributed by atoms with Gasteiger partial charge in [0, 0.05) is 26.0 Å². The minimum atomic E-state index is -1.06. The SMILES string of the molecule is CC1(C)OC(=O)/C(=C/C(=O)NCc2ccccc2Oc2ccccc2)O1. The second-order valence-electron chi connectivity index (χ2n) is 6.14. The van der Waals surface area contributed by atoms with Crippen LogP contribution in [0.4, 0.5) is 0 Å². The molecule has 1 saturated heterocycles. The zero-order valence-corrected chi connectivity index (χ0v) is 14.5. The van der Waals surface area contributed by atoms with Gasteiger partial charge in [-0.3, -0.25) is 4.79 Å². The molecule has 1 fully saturated rings. The number of hydrogen-bond acceptors (Lipinski definition) is 5. The Morgan fingerprint density at radius 1 is 1.08 bits per heavy atom. The number of nitrogens with one attached hydrogen (secondary N) is 1. The van der Waals surface area contributed by atoms with E-state index in [1.807, 2.05) is 54.6 Å². The Kier molecular flexibility index (Phi) is 4.93. The molecular formula is C20H19NO5. The van der Waals surface area contributed by atoms with Crippen molar-refractivity contribution in [3.63, 3.8) is 0 Å². The summed E-state index contributed by atoms with van der Waals surface area (Å²) in [7, 11) is 0. The van der Waals surface area contributed by atoms with Gasteiger partial charge in [-0.1, -0.05) is 36.4 Å². The van der Waals surface area contributed by atoms with Crippen LogP contribution < -0.4 is 10.1 Å². The summed E-state index contributed by atoms with van der Waals surface area (Å²) in [6, 6.07) is 16.8. The standard InChI is InChI=1S/C20H19NO5/c1-20(2)25-17(19(23)26-20)12-18(22)21-13-14-8-6-7-11-16(14)24-15-9-4-3-5-10-15/h3-12H,13H2,1-2H3,(H,21,22)/b17-12-. The molecule has 26 heavy (non-hydrogen) atoms. The molecule has 0 atom stereocenters. The van der Waals surface area contributed by atoms with Crippen molar-refractivity contribution in [2.45, 2.75) is 26.2 Å². The molecule has 6 heteroatoms. The van der Waals surface area contributed by atoms with Gasteiger partial charge < -0.3 is 19.5 Å². The van der Waals surface area contributed by atoms with Crippen LogP contribution in [0.5, 0.6) is 11.5 Å². The molecule has 1 heterocycles. The van der Waals surface area contributed by atoms with Gasteiger partial charge in [0.2, 0.25) is 17.5 Å². The third-order valence-electron chi connectivity index (χ3n) is 3.55. The van der Waals surface area contributed by atoms with Crippen molar-refractivity contribution in [1.82, 2.24) is 5.32 Å². The minimum Gasteiger partial charge on any atom is -0.457 e. The van der Waals surface area contributed by atoms with Crippen LogP contribution >= 0.6 is 0 Å². The molecule has 134 valence electrons. The van der Waals surface area contributed by atoms with Gasteiger partial charge in [-0.25, -0.2) is 4.79 Å². The van der Waals surface area contributed by atoms with Crippen LogP contribution in [0.1, 0.15) is 19.4 Å². The van der Waals surface area contributed by atoms with Crippen molar-refractivity contribution in [3.8, 4) is 11.5 Å². The fraction of sp³-hybridized carbons (Fsp3) is 0.200. The molecule has 0 saturated carbocycles. The summed E-state index contributed by atoms with van der Waals surface area (Å²) in [6.45, 7) is 3.44. The maximum Gasteiger partial charge on any atom is 0.377 e. The predicted octanol–water partition coefficient (Wildman–Crippen LogP) is 3.29. The molecule has 0 unspecified atom stereocenters. The van der Waals surface area contributed by atoms with E-state index < -0.39 is 17.7 Å². The van der Waals surface area contributed by atoms with Gasteiger partial charge in [-0.2, -0.15) is 0 Å². The number of hydrogen-bond donors (Lipinski definition) is 1. The Balaban J connectivity index is 1.65. The molecule has 6 nitrogen and oxygen atoms in total. The maximum absolute atomic E-state index is 12.1. The number of carbonyl (C=O) groups excluding carboxylic acids is 2. The zero-order valence-electron chi connectivity index (χ0n) is 14.5. The smallest absolute Gasteiger partial charge is 0.377 e. The first-order valence-corrected chi connectivity index (χ1v) is 8.16. The number of rotatable bonds is 5. The minimum absolute atomic E-state index is 0.110. The van der Waals surface area contributed by atoms with E-state index in [-0.39, 0.29) is 12.3 Å². The van der Waals surface area contributed by atoms with Crippen LogP contribution in [0.2, 0.25) is 0 Å². The lowest BCUT2D eigenvalue weighted by atomic mass is 10.2. The van der Waals surface area contributed by atoms with E-state index in [0.717, 1.165) is 11.6 Å². The van der Waals surface area contributed by atoms with Gasteiger partial charge in [-0.05, 0) is 18.2 Å². The highest BCUT2D eigenvalue weighted by Crippen LogP contribution is 2.26. The number of para-hydroxylation sites is 2. The van der Waals surface area contributed by atoms with E-state index in [9.17, 15) is 9.59 Å². The summed E-state index contributed by atoms with van der Waals surface area (Å²) < 4.78 is 16.1. The third kappa shape index (κ3) is 4.42. The molecule has 1 aliphatic heterocycles.